The summed E-state index contributed by atoms with van der Waals surface area (Å²) in [5.41, 5.74) is -0.606. The lowest BCUT2D eigenvalue weighted by Gasteiger charge is -2.32. The Hall–Kier alpha value is -0.570. The van der Waals surface area contributed by atoms with E-state index in [0.29, 0.717) is 0 Å². The van der Waals surface area contributed by atoms with Crippen LogP contribution in [0.5, 0.6) is 0 Å². The summed E-state index contributed by atoms with van der Waals surface area (Å²) < 4.78 is 0. The van der Waals surface area contributed by atoms with E-state index in [1.165, 1.54) is 0 Å². The number of likely N-dealkylation sites (tertiary alicyclic amines) is 1. The number of hydrogen-bond acceptors (Lipinski definition) is 2. The van der Waals surface area contributed by atoms with Crippen LogP contribution in [0.15, 0.2) is 0 Å². The average Bonchev–Trinajstić information content (AvgIpc) is 2.35. The zero-order valence-electron chi connectivity index (χ0n) is 8.00. The molecule has 1 heterocycles. The van der Waals surface area contributed by atoms with Crippen molar-refractivity contribution in [1.29, 1.82) is 0 Å². The highest BCUT2D eigenvalue weighted by molar-refractivity contribution is 5.74. The molecule has 1 fully saturated rings. The van der Waals surface area contributed by atoms with Crippen molar-refractivity contribution in [3.63, 3.8) is 0 Å². The zero-order valence-corrected chi connectivity index (χ0v) is 8.00. The molecule has 12 heavy (non-hydrogen) atoms. The van der Waals surface area contributed by atoms with E-state index in [9.17, 15) is 4.79 Å². The summed E-state index contributed by atoms with van der Waals surface area (Å²) in [4.78, 5) is 13.1. The fraction of sp³-hybridized carbons (Fsp3) is 0.889. The predicted molar refractivity (Wildman–Crippen MR) is 47.1 cm³/mol. The largest absolute Gasteiger partial charge is 0.481 e. The fourth-order valence-electron chi connectivity index (χ4n) is 1.96. The van der Waals surface area contributed by atoms with Crippen LogP contribution in [0.3, 0.4) is 0 Å². The lowest BCUT2D eigenvalue weighted by molar-refractivity contribution is -0.150. The third kappa shape index (κ3) is 1.46. The smallest absolute Gasteiger partial charge is 0.310 e. The van der Waals surface area contributed by atoms with Crippen molar-refractivity contribution in [1.82, 2.24) is 4.90 Å². The molecule has 3 nitrogen and oxygen atoms in total. The van der Waals surface area contributed by atoms with Crippen LogP contribution in [0.4, 0.5) is 0 Å². The quantitative estimate of drug-likeness (QED) is 0.678. The highest BCUT2D eigenvalue weighted by Gasteiger charge is 2.40. The number of rotatable bonds is 2. The van der Waals surface area contributed by atoms with Gasteiger partial charge < -0.3 is 10.0 Å². The van der Waals surface area contributed by atoms with Crippen molar-refractivity contribution in [2.75, 3.05) is 13.6 Å². The number of nitrogens with zero attached hydrogens (tertiary/aromatic N) is 1. The third-order valence-corrected chi connectivity index (χ3v) is 2.90. The molecule has 0 aromatic heterocycles. The Morgan fingerprint density at radius 2 is 2.17 bits per heavy atom. The first kappa shape index (κ1) is 9.52. The summed E-state index contributed by atoms with van der Waals surface area (Å²) in [6.45, 7) is 4.64. The Balaban J connectivity index is 2.73. The summed E-state index contributed by atoms with van der Waals surface area (Å²) >= 11 is 0. The Labute approximate surface area is 73.4 Å². The van der Waals surface area contributed by atoms with Crippen molar-refractivity contribution in [2.24, 2.45) is 5.41 Å². The van der Waals surface area contributed by atoms with Crippen molar-refractivity contribution in [3.8, 4) is 0 Å². The van der Waals surface area contributed by atoms with E-state index < -0.39 is 11.4 Å². The Morgan fingerprint density at radius 3 is 2.50 bits per heavy atom. The van der Waals surface area contributed by atoms with Gasteiger partial charge in [-0.2, -0.15) is 0 Å². The molecule has 0 saturated carbocycles. The van der Waals surface area contributed by atoms with Gasteiger partial charge in [0.05, 0.1) is 5.41 Å². The molecule has 1 N–H and O–H groups in total. The molecular weight excluding hydrogens is 154 g/mol. The number of carbonyl (C=O) groups is 1. The SMILES string of the molecule is CN1CCCC1C(C)(C)C(=O)O. The molecule has 1 saturated heterocycles. The topological polar surface area (TPSA) is 40.5 Å². The number of aliphatic carboxylic acids is 1. The lowest BCUT2D eigenvalue weighted by atomic mass is 9.83. The summed E-state index contributed by atoms with van der Waals surface area (Å²) in [6, 6.07) is 0.204. The molecule has 0 aromatic carbocycles. The normalized spacial score (nSPS) is 26.1. The molecule has 1 aliphatic rings. The Bertz CT molecular complexity index is 189. The van der Waals surface area contributed by atoms with Gasteiger partial charge in [-0.3, -0.25) is 4.79 Å². The maximum Gasteiger partial charge on any atom is 0.310 e. The highest BCUT2D eigenvalue weighted by atomic mass is 16.4. The summed E-state index contributed by atoms with van der Waals surface area (Å²) in [5.74, 6) is -0.693. The lowest BCUT2D eigenvalue weighted by Crippen LogP contribution is -2.43. The van der Waals surface area contributed by atoms with E-state index in [0.717, 1.165) is 19.4 Å². The molecule has 1 aliphatic heterocycles. The van der Waals surface area contributed by atoms with Gasteiger partial charge >= 0.3 is 5.97 Å². The van der Waals surface area contributed by atoms with Crippen molar-refractivity contribution >= 4 is 5.97 Å². The number of hydrogen-bond donors (Lipinski definition) is 1. The molecule has 1 unspecified atom stereocenters. The van der Waals surface area contributed by atoms with Gasteiger partial charge in [0.15, 0.2) is 0 Å². The zero-order chi connectivity index (χ0) is 9.35. The monoisotopic (exact) mass is 171 g/mol. The molecule has 1 atom stereocenters. The molecule has 0 spiro atoms. The van der Waals surface area contributed by atoms with Gasteiger partial charge in [-0.25, -0.2) is 0 Å². The van der Waals surface area contributed by atoms with Gasteiger partial charge in [0.2, 0.25) is 0 Å². The van der Waals surface area contributed by atoms with E-state index in [2.05, 4.69) is 4.90 Å². The van der Waals surface area contributed by atoms with Crippen LogP contribution in [0, 0.1) is 5.41 Å². The third-order valence-electron chi connectivity index (χ3n) is 2.90. The van der Waals surface area contributed by atoms with Crippen molar-refractivity contribution in [3.05, 3.63) is 0 Å². The van der Waals surface area contributed by atoms with E-state index >= 15 is 0 Å². The van der Waals surface area contributed by atoms with Crippen LogP contribution in [-0.4, -0.2) is 35.6 Å². The molecule has 70 valence electrons. The Morgan fingerprint density at radius 1 is 1.58 bits per heavy atom. The molecule has 0 bridgehead atoms. The van der Waals surface area contributed by atoms with Gasteiger partial charge in [0, 0.05) is 6.04 Å². The summed E-state index contributed by atoms with van der Waals surface area (Å²) in [6.07, 6.45) is 2.13. The van der Waals surface area contributed by atoms with Gasteiger partial charge in [-0.05, 0) is 40.3 Å². The molecule has 0 aliphatic carbocycles. The molecule has 3 heteroatoms. The first-order valence-corrected chi connectivity index (χ1v) is 4.40. The van der Waals surface area contributed by atoms with Crippen LogP contribution in [0.2, 0.25) is 0 Å². The molecular formula is C9H17NO2. The summed E-state index contributed by atoms with van der Waals surface area (Å²) in [7, 11) is 2.00. The van der Waals surface area contributed by atoms with Crippen LogP contribution in [0.25, 0.3) is 0 Å². The maximum absolute atomic E-state index is 10.9. The fourth-order valence-corrected chi connectivity index (χ4v) is 1.96. The predicted octanol–water partition coefficient (Wildman–Crippen LogP) is 1.19. The first-order valence-electron chi connectivity index (χ1n) is 4.40. The van der Waals surface area contributed by atoms with Crippen LogP contribution in [-0.2, 0) is 4.79 Å². The van der Waals surface area contributed by atoms with Gasteiger partial charge in [-0.1, -0.05) is 0 Å². The van der Waals surface area contributed by atoms with Crippen LogP contribution >= 0.6 is 0 Å². The van der Waals surface area contributed by atoms with Gasteiger partial charge in [-0.15, -0.1) is 0 Å². The van der Waals surface area contributed by atoms with E-state index in [1.807, 2.05) is 20.9 Å². The average molecular weight is 171 g/mol. The second-order valence-corrected chi connectivity index (χ2v) is 4.17. The minimum atomic E-state index is -0.693. The molecule has 0 radical (unpaired) electrons. The second kappa shape index (κ2) is 3.05. The first-order chi connectivity index (χ1) is 5.46. The number of carboxylic acid groups (broad SMARTS) is 1. The van der Waals surface area contributed by atoms with Gasteiger partial charge in [0.1, 0.15) is 0 Å². The van der Waals surface area contributed by atoms with Crippen LogP contribution < -0.4 is 0 Å². The molecule has 0 aromatic rings. The Kier molecular flexibility index (Phi) is 2.42. The minimum absolute atomic E-state index is 0.204. The van der Waals surface area contributed by atoms with E-state index in [-0.39, 0.29) is 6.04 Å². The summed E-state index contributed by atoms with van der Waals surface area (Å²) in [5, 5.41) is 8.99. The number of carboxylic acids is 1. The highest BCUT2D eigenvalue weighted by Crippen LogP contribution is 2.32. The maximum atomic E-state index is 10.9. The second-order valence-electron chi connectivity index (χ2n) is 4.17. The van der Waals surface area contributed by atoms with Crippen LogP contribution in [0.1, 0.15) is 26.7 Å². The standard InChI is InChI=1S/C9H17NO2/c1-9(2,8(11)12)7-5-4-6-10(7)3/h7H,4-6H2,1-3H3,(H,11,12). The van der Waals surface area contributed by atoms with E-state index in [1.54, 1.807) is 0 Å². The molecule has 0 amide bonds. The van der Waals surface area contributed by atoms with Gasteiger partial charge in [0.25, 0.3) is 0 Å². The molecule has 1 rings (SSSR count). The minimum Gasteiger partial charge on any atom is -0.481 e. The van der Waals surface area contributed by atoms with E-state index in [4.69, 9.17) is 5.11 Å². The van der Waals surface area contributed by atoms with Crippen molar-refractivity contribution in [2.45, 2.75) is 32.7 Å². The van der Waals surface area contributed by atoms with Crippen molar-refractivity contribution < 1.29 is 9.90 Å².